The van der Waals surface area contributed by atoms with Crippen molar-refractivity contribution in [2.24, 2.45) is 0 Å². The highest BCUT2D eigenvalue weighted by atomic mass is 35.5. The molecule has 1 saturated heterocycles. The van der Waals surface area contributed by atoms with Crippen molar-refractivity contribution in [3.8, 4) is 0 Å². The first kappa shape index (κ1) is 20.8. The van der Waals surface area contributed by atoms with Gasteiger partial charge in [0.2, 0.25) is 5.91 Å². The van der Waals surface area contributed by atoms with Gasteiger partial charge in [0.15, 0.2) is 6.61 Å². The summed E-state index contributed by atoms with van der Waals surface area (Å²) in [7, 11) is 0. The number of hydrogen-bond acceptors (Lipinski definition) is 4. The highest BCUT2D eigenvalue weighted by molar-refractivity contribution is 6.34. The van der Waals surface area contributed by atoms with E-state index in [1.54, 1.807) is 17.0 Å². The van der Waals surface area contributed by atoms with E-state index in [4.69, 9.17) is 16.3 Å². The van der Waals surface area contributed by atoms with Crippen LogP contribution in [0.4, 0.5) is 10.1 Å². The maximum atomic E-state index is 12.9. The van der Waals surface area contributed by atoms with Crippen LogP contribution in [0, 0.1) is 5.82 Å². The molecule has 2 aromatic carbocycles. The van der Waals surface area contributed by atoms with E-state index in [9.17, 15) is 18.8 Å². The molecule has 152 valence electrons. The molecule has 1 N–H and O–H groups in total. The summed E-state index contributed by atoms with van der Waals surface area (Å²) in [5.74, 6) is -1.48. The SMILES string of the molecule is O=C(COC(=O)c1ccc(Cl)c(N2CCCC2=O)c1)NCCc1ccc(F)cc1. The molecule has 1 aliphatic heterocycles. The second-order valence-electron chi connectivity index (χ2n) is 6.62. The predicted octanol–water partition coefficient (Wildman–Crippen LogP) is 3.12. The number of anilines is 1. The lowest BCUT2D eigenvalue weighted by molar-refractivity contribution is -0.124. The van der Waals surface area contributed by atoms with Crippen molar-refractivity contribution in [2.75, 3.05) is 24.6 Å². The van der Waals surface area contributed by atoms with Crippen molar-refractivity contribution < 1.29 is 23.5 Å². The molecule has 0 radical (unpaired) electrons. The third-order valence-electron chi connectivity index (χ3n) is 4.53. The molecule has 1 aliphatic rings. The monoisotopic (exact) mass is 418 g/mol. The zero-order valence-electron chi connectivity index (χ0n) is 15.6. The molecule has 2 aromatic rings. The van der Waals surface area contributed by atoms with E-state index in [-0.39, 0.29) is 17.3 Å². The smallest absolute Gasteiger partial charge is 0.338 e. The predicted molar refractivity (Wildman–Crippen MR) is 106 cm³/mol. The minimum Gasteiger partial charge on any atom is -0.452 e. The molecule has 0 saturated carbocycles. The number of halogens is 2. The Kier molecular flexibility index (Phi) is 6.82. The highest BCUT2D eigenvalue weighted by Gasteiger charge is 2.24. The van der Waals surface area contributed by atoms with E-state index in [1.165, 1.54) is 30.3 Å². The molecule has 0 aromatic heterocycles. The zero-order chi connectivity index (χ0) is 20.8. The number of carbonyl (C=O) groups is 3. The largest absolute Gasteiger partial charge is 0.452 e. The molecule has 0 bridgehead atoms. The molecule has 8 heteroatoms. The normalized spacial score (nSPS) is 13.4. The fourth-order valence-electron chi connectivity index (χ4n) is 3.01. The van der Waals surface area contributed by atoms with Crippen LogP contribution in [0.3, 0.4) is 0 Å². The van der Waals surface area contributed by atoms with Gasteiger partial charge >= 0.3 is 5.97 Å². The molecule has 2 amide bonds. The third kappa shape index (κ3) is 5.54. The van der Waals surface area contributed by atoms with Crippen LogP contribution in [0.25, 0.3) is 0 Å². The molecular formula is C21H20ClFN2O4. The van der Waals surface area contributed by atoms with Gasteiger partial charge in [0.1, 0.15) is 5.82 Å². The quantitative estimate of drug-likeness (QED) is 0.701. The van der Waals surface area contributed by atoms with E-state index in [0.717, 1.165) is 12.0 Å². The third-order valence-corrected chi connectivity index (χ3v) is 4.85. The fraction of sp³-hybridized carbons (Fsp3) is 0.286. The average Bonchev–Trinajstić information content (AvgIpc) is 3.13. The highest BCUT2D eigenvalue weighted by Crippen LogP contribution is 2.30. The number of hydrogen-bond donors (Lipinski definition) is 1. The maximum Gasteiger partial charge on any atom is 0.338 e. The number of benzene rings is 2. The Balaban J connectivity index is 1.49. The summed E-state index contributed by atoms with van der Waals surface area (Å²) in [5.41, 5.74) is 1.56. The van der Waals surface area contributed by atoms with Gasteiger partial charge in [-0.05, 0) is 48.7 Å². The lowest BCUT2D eigenvalue weighted by Gasteiger charge is -2.18. The number of esters is 1. The lowest BCUT2D eigenvalue weighted by atomic mass is 10.1. The molecular weight excluding hydrogens is 399 g/mol. The van der Waals surface area contributed by atoms with E-state index < -0.39 is 18.5 Å². The second-order valence-corrected chi connectivity index (χ2v) is 7.02. The molecule has 6 nitrogen and oxygen atoms in total. The van der Waals surface area contributed by atoms with Crippen LogP contribution >= 0.6 is 11.6 Å². The Bertz CT molecular complexity index is 917. The Morgan fingerprint density at radius 2 is 1.93 bits per heavy atom. The molecule has 0 atom stereocenters. The molecule has 0 spiro atoms. The van der Waals surface area contributed by atoms with Gasteiger partial charge in [0.05, 0.1) is 16.3 Å². The van der Waals surface area contributed by atoms with Crippen molar-refractivity contribution >= 4 is 35.1 Å². The first-order valence-corrected chi connectivity index (χ1v) is 9.60. The van der Waals surface area contributed by atoms with E-state index in [1.807, 2.05) is 0 Å². The van der Waals surface area contributed by atoms with Gasteiger partial charge in [-0.1, -0.05) is 23.7 Å². The number of carbonyl (C=O) groups excluding carboxylic acids is 3. The van der Waals surface area contributed by atoms with Gasteiger partial charge in [0.25, 0.3) is 5.91 Å². The number of rotatable bonds is 7. The van der Waals surface area contributed by atoms with Crippen LogP contribution in [-0.2, 0) is 20.7 Å². The van der Waals surface area contributed by atoms with Crippen LogP contribution in [0.5, 0.6) is 0 Å². The zero-order valence-corrected chi connectivity index (χ0v) is 16.4. The van der Waals surface area contributed by atoms with Crippen molar-refractivity contribution in [1.29, 1.82) is 0 Å². The van der Waals surface area contributed by atoms with Crippen LogP contribution in [0.15, 0.2) is 42.5 Å². The summed E-state index contributed by atoms with van der Waals surface area (Å²) in [6.45, 7) is 0.459. The maximum absolute atomic E-state index is 12.9. The van der Waals surface area contributed by atoms with Gasteiger partial charge < -0.3 is 15.0 Å². The van der Waals surface area contributed by atoms with Gasteiger partial charge in [-0.3, -0.25) is 9.59 Å². The summed E-state index contributed by atoms with van der Waals surface area (Å²) >= 11 is 6.16. The molecule has 0 aliphatic carbocycles. The van der Waals surface area contributed by atoms with Gasteiger partial charge in [-0.15, -0.1) is 0 Å². The Morgan fingerprint density at radius 1 is 1.17 bits per heavy atom. The molecule has 3 rings (SSSR count). The summed E-state index contributed by atoms with van der Waals surface area (Å²) in [4.78, 5) is 37.6. The van der Waals surface area contributed by atoms with Crippen molar-refractivity contribution in [3.05, 3.63) is 64.4 Å². The molecule has 1 heterocycles. The minimum atomic E-state index is -0.678. The summed E-state index contributed by atoms with van der Waals surface area (Å²) < 4.78 is 17.9. The van der Waals surface area contributed by atoms with E-state index in [0.29, 0.717) is 36.6 Å². The Hall–Kier alpha value is -2.93. The molecule has 1 fully saturated rings. The van der Waals surface area contributed by atoms with Gasteiger partial charge in [-0.2, -0.15) is 0 Å². The minimum absolute atomic E-state index is 0.0436. The van der Waals surface area contributed by atoms with Crippen LogP contribution in [0.1, 0.15) is 28.8 Å². The Morgan fingerprint density at radius 3 is 2.62 bits per heavy atom. The number of ether oxygens (including phenoxy) is 1. The van der Waals surface area contributed by atoms with Crippen molar-refractivity contribution in [1.82, 2.24) is 5.32 Å². The Labute approximate surface area is 172 Å². The van der Waals surface area contributed by atoms with Gasteiger partial charge in [-0.25, -0.2) is 9.18 Å². The van der Waals surface area contributed by atoms with Crippen molar-refractivity contribution in [2.45, 2.75) is 19.3 Å². The van der Waals surface area contributed by atoms with Gasteiger partial charge in [0, 0.05) is 19.5 Å². The number of amides is 2. The fourth-order valence-corrected chi connectivity index (χ4v) is 3.23. The topological polar surface area (TPSA) is 75.7 Å². The standard InChI is InChI=1S/C21H20ClFN2O4/c22-17-8-5-15(12-18(17)25-11-1-2-20(25)27)21(28)29-13-19(26)24-10-9-14-3-6-16(23)7-4-14/h3-8,12H,1-2,9-11,13H2,(H,24,26). The number of nitrogens with one attached hydrogen (secondary N) is 1. The van der Waals surface area contributed by atoms with Crippen LogP contribution in [-0.4, -0.2) is 37.5 Å². The first-order chi connectivity index (χ1) is 13.9. The molecule has 0 unspecified atom stereocenters. The van der Waals surface area contributed by atoms with Crippen LogP contribution in [0.2, 0.25) is 5.02 Å². The lowest BCUT2D eigenvalue weighted by Crippen LogP contribution is -2.30. The average molecular weight is 419 g/mol. The molecule has 29 heavy (non-hydrogen) atoms. The van der Waals surface area contributed by atoms with E-state index in [2.05, 4.69) is 5.32 Å². The number of nitrogens with zero attached hydrogens (tertiary/aromatic N) is 1. The first-order valence-electron chi connectivity index (χ1n) is 9.22. The second kappa shape index (κ2) is 9.52. The van der Waals surface area contributed by atoms with Crippen LogP contribution < -0.4 is 10.2 Å². The summed E-state index contributed by atoms with van der Waals surface area (Å²) in [5, 5.41) is 3.01. The van der Waals surface area contributed by atoms with E-state index >= 15 is 0 Å². The van der Waals surface area contributed by atoms with Crippen molar-refractivity contribution in [3.63, 3.8) is 0 Å². The summed E-state index contributed by atoms with van der Waals surface area (Å²) in [6.07, 6.45) is 1.72. The summed E-state index contributed by atoms with van der Waals surface area (Å²) in [6, 6.07) is 10.5.